The van der Waals surface area contributed by atoms with Gasteiger partial charge in [-0.1, -0.05) is 43.7 Å². The van der Waals surface area contributed by atoms with E-state index in [2.05, 4.69) is 17.5 Å². The smallest absolute Gasteiger partial charge is 0.240 e. The number of carbonyl (C=O) groups excluding carboxylic acids is 1. The van der Waals surface area contributed by atoms with Crippen LogP contribution in [-0.4, -0.2) is 11.6 Å². The minimum Gasteiger partial charge on any atom is -0.273 e. The third kappa shape index (κ3) is 4.51. The summed E-state index contributed by atoms with van der Waals surface area (Å²) in [4.78, 5) is 11.7. The number of aryl methyl sites for hydroxylation is 1. The largest absolute Gasteiger partial charge is 0.273 e. The van der Waals surface area contributed by atoms with E-state index in [0.29, 0.717) is 12.3 Å². The number of carbonyl (C=O) groups is 1. The summed E-state index contributed by atoms with van der Waals surface area (Å²) >= 11 is 0. The lowest BCUT2D eigenvalue weighted by atomic mass is 9.89. The number of rotatable bonds is 4. The summed E-state index contributed by atoms with van der Waals surface area (Å²) < 4.78 is 0. The quantitative estimate of drug-likeness (QED) is 0.827. The van der Waals surface area contributed by atoms with E-state index in [0.717, 1.165) is 18.6 Å². The Balaban J connectivity index is 1.77. The molecule has 2 rings (SSSR count). The van der Waals surface area contributed by atoms with Gasteiger partial charge in [0.05, 0.1) is 0 Å². The van der Waals surface area contributed by atoms with Gasteiger partial charge in [0.2, 0.25) is 5.91 Å². The number of benzene rings is 1. The fourth-order valence-corrected chi connectivity index (χ4v) is 2.43. The summed E-state index contributed by atoms with van der Waals surface area (Å²) in [6.45, 7) is 2.19. The minimum absolute atomic E-state index is 0.00845. The molecule has 1 aromatic rings. The third-order valence-electron chi connectivity index (χ3n) is 3.70. The highest BCUT2D eigenvalue weighted by Gasteiger charge is 2.15. The molecule has 0 saturated heterocycles. The van der Waals surface area contributed by atoms with E-state index in [-0.39, 0.29) is 5.91 Å². The van der Waals surface area contributed by atoms with Gasteiger partial charge in [0.1, 0.15) is 0 Å². The molecule has 1 fully saturated rings. The summed E-state index contributed by atoms with van der Waals surface area (Å²) in [5, 5.41) is 4.29. The van der Waals surface area contributed by atoms with Crippen molar-refractivity contribution in [3.05, 3.63) is 35.9 Å². The molecule has 1 aliphatic carbocycles. The van der Waals surface area contributed by atoms with Crippen LogP contribution in [0.1, 0.15) is 44.6 Å². The zero-order valence-electron chi connectivity index (χ0n) is 11.6. The summed E-state index contributed by atoms with van der Waals surface area (Å²) in [5.74, 6) is 0.525. The van der Waals surface area contributed by atoms with Gasteiger partial charge >= 0.3 is 0 Å². The number of hydrogen-bond donors (Lipinski definition) is 1. The van der Waals surface area contributed by atoms with Crippen molar-refractivity contribution in [2.75, 3.05) is 0 Å². The van der Waals surface area contributed by atoms with Crippen LogP contribution in [0.25, 0.3) is 0 Å². The highest BCUT2D eigenvalue weighted by Crippen LogP contribution is 2.20. The van der Waals surface area contributed by atoms with Crippen LogP contribution in [0.2, 0.25) is 0 Å². The second-order valence-corrected chi connectivity index (χ2v) is 5.27. The van der Waals surface area contributed by atoms with Crippen molar-refractivity contribution in [3.8, 4) is 0 Å². The predicted molar refractivity (Wildman–Crippen MR) is 78.0 cm³/mol. The topological polar surface area (TPSA) is 41.5 Å². The second-order valence-electron chi connectivity index (χ2n) is 5.27. The lowest BCUT2D eigenvalue weighted by molar-refractivity contribution is -0.121. The Morgan fingerprint density at radius 1 is 1.32 bits per heavy atom. The Bertz CT molecular complexity index is 439. The summed E-state index contributed by atoms with van der Waals surface area (Å²) in [6.07, 6.45) is 5.96. The first-order chi connectivity index (χ1) is 9.25. The van der Waals surface area contributed by atoms with Gasteiger partial charge in [0.15, 0.2) is 0 Å². The maximum Gasteiger partial charge on any atom is 0.240 e. The molecule has 0 bridgehead atoms. The molecule has 1 amide bonds. The van der Waals surface area contributed by atoms with Crippen LogP contribution in [0.4, 0.5) is 0 Å². The molecule has 0 aromatic heterocycles. The van der Waals surface area contributed by atoms with Gasteiger partial charge in [-0.15, -0.1) is 0 Å². The summed E-state index contributed by atoms with van der Waals surface area (Å²) in [6, 6.07) is 10.1. The highest BCUT2D eigenvalue weighted by molar-refractivity contribution is 5.88. The standard InChI is InChI=1S/C16H22N2O/c1-13-7-5-6-10-15(13)17-18-16(19)12-11-14-8-3-2-4-9-14/h2-4,8-9,13H,5-7,10-12H2,1H3,(H,18,19)/b17-15+. The third-order valence-corrected chi connectivity index (χ3v) is 3.70. The molecule has 0 radical (unpaired) electrons. The molecule has 1 aliphatic rings. The van der Waals surface area contributed by atoms with Crippen molar-refractivity contribution in [1.82, 2.24) is 5.43 Å². The average Bonchev–Trinajstić information content (AvgIpc) is 2.45. The van der Waals surface area contributed by atoms with Gasteiger partial charge in [-0.25, -0.2) is 5.43 Å². The molecule has 1 saturated carbocycles. The molecule has 3 nitrogen and oxygen atoms in total. The zero-order chi connectivity index (χ0) is 13.5. The molecule has 0 aliphatic heterocycles. The van der Waals surface area contributed by atoms with Crippen LogP contribution in [0.15, 0.2) is 35.4 Å². The van der Waals surface area contributed by atoms with E-state index in [1.807, 2.05) is 30.3 Å². The van der Waals surface area contributed by atoms with Crippen LogP contribution in [0.5, 0.6) is 0 Å². The van der Waals surface area contributed by atoms with Gasteiger partial charge in [-0.2, -0.15) is 5.10 Å². The maximum absolute atomic E-state index is 11.7. The van der Waals surface area contributed by atoms with E-state index in [1.165, 1.54) is 24.8 Å². The van der Waals surface area contributed by atoms with E-state index < -0.39 is 0 Å². The first-order valence-electron chi connectivity index (χ1n) is 7.15. The number of hydrogen-bond acceptors (Lipinski definition) is 2. The first-order valence-corrected chi connectivity index (χ1v) is 7.15. The maximum atomic E-state index is 11.7. The molecule has 1 atom stereocenters. The fourth-order valence-electron chi connectivity index (χ4n) is 2.43. The van der Waals surface area contributed by atoms with Crippen molar-refractivity contribution in [3.63, 3.8) is 0 Å². The van der Waals surface area contributed by atoms with E-state index in [1.54, 1.807) is 0 Å². The van der Waals surface area contributed by atoms with Crippen molar-refractivity contribution >= 4 is 11.6 Å². The lowest BCUT2D eigenvalue weighted by Crippen LogP contribution is -2.24. The van der Waals surface area contributed by atoms with E-state index in [9.17, 15) is 4.79 Å². The van der Waals surface area contributed by atoms with Crippen LogP contribution in [-0.2, 0) is 11.2 Å². The van der Waals surface area contributed by atoms with E-state index >= 15 is 0 Å². The van der Waals surface area contributed by atoms with Crippen molar-refractivity contribution in [2.45, 2.75) is 45.4 Å². The van der Waals surface area contributed by atoms with Crippen LogP contribution >= 0.6 is 0 Å². The van der Waals surface area contributed by atoms with Crippen molar-refractivity contribution in [2.24, 2.45) is 11.0 Å². The van der Waals surface area contributed by atoms with Crippen LogP contribution < -0.4 is 5.43 Å². The Morgan fingerprint density at radius 2 is 2.11 bits per heavy atom. The molecule has 1 N–H and O–H groups in total. The molecular weight excluding hydrogens is 236 g/mol. The molecule has 19 heavy (non-hydrogen) atoms. The Labute approximate surface area is 115 Å². The molecule has 0 heterocycles. The van der Waals surface area contributed by atoms with Crippen molar-refractivity contribution < 1.29 is 4.79 Å². The minimum atomic E-state index is 0.00845. The predicted octanol–water partition coefficient (Wildman–Crippen LogP) is 3.30. The fraction of sp³-hybridized carbons (Fsp3) is 0.500. The molecular formula is C16H22N2O. The first kappa shape index (κ1) is 13.8. The van der Waals surface area contributed by atoms with Gasteiger partial charge in [-0.3, -0.25) is 4.79 Å². The van der Waals surface area contributed by atoms with Gasteiger partial charge in [-0.05, 0) is 37.2 Å². The summed E-state index contributed by atoms with van der Waals surface area (Å²) in [7, 11) is 0. The molecule has 102 valence electrons. The SMILES string of the molecule is CC1CCCC/C1=N\NC(=O)CCc1ccccc1. The number of nitrogens with zero attached hydrogens (tertiary/aromatic N) is 1. The molecule has 3 heteroatoms. The van der Waals surface area contributed by atoms with E-state index in [4.69, 9.17) is 0 Å². The monoisotopic (exact) mass is 258 g/mol. The second kappa shape index (κ2) is 7.07. The van der Waals surface area contributed by atoms with Crippen LogP contribution in [0.3, 0.4) is 0 Å². The number of amides is 1. The van der Waals surface area contributed by atoms with Crippen LogP contribution in [0, 0.1) is 5.92 Å². The van der Waals surface area contributed by atoms with Gasteiger partial charge in [0, 0.05) is 12.1 Å². The van der Waals surface area contributed by atoms with Gasteiger partial charge in [0.25, 0.3) is 0 Å². The average molecular weight is 258 g/mol. The Hall–Kier alpha value is -1.64. The Morgan fingerprint density at radius 3 is 2.84 bits per heavy atom. The van der Waals surface area contributed by atoms with Gasteiger partial charge < -0.3 is 0 Å². The zero-order valence-corrected chi connectivity index (χ0v) is 11.6. The normalized spacial score (nSPS) is 21.3. The highest BCUT2D eigenvalue weighted by atomic mass is 16.2. The van der Waals surface area contributed by atoms with Crippen molar-refractivity contribution in [1.29, 1.82) is 0 Å². The summed E-state index contributed by atoms with van der Waals surface area (Å²) in [5.41, 5.74) is 5.05. The number of nitrogens with one attached hydrogen (secondary N) is 1. The Kier molecular flexibility index (Phi) is 5.13. The molecule has 0 spiro atoms. The molecule has 1 aromatic carbocycles. The lowest BCUT2D eigenvalue weighted by Gasteiger charge is -2.19. The number of hydrazone groups is 1. The molecule has 1 unspecified atom stereocenters.